The summed E-state index contributed by atoms with van der Waals surface area (Å²) < 4.78 is 7.32. The lowest BCUT2D eigenvalue weighted by atomic mass is 10.1. The molecule has 3 aromatic rings. The first kappa shape index (κ1) is 15.7. The summed E-state index contributed by atoms with van der Waals surface area (Å²) in [7, 11) is 0. The van der Waals surface area contributed by atoms with Gasteiger partial charge in [0.15, 0.2) is 5.75 Å². The van der Waals surface area contributed by atoms with Crippen LogP contribution in [0.25, 0.3) is 22.2 Å². The predicted molar refractivity (Wildman–Crippen MR) is 94.5 cm³/mol. The normalized spacial score (nSPS) is 11.7. The predicted octanol–water partition coefficient (Wildman–Crippen LogP) is 4.22. The number of nitrogens with two attached hydrogens (primary N) is 1. The molecule has 5 heteroatoms. The molecule has 122 valence electrons. The number of hydrogen-bond acceptors (Lipinski definition) is 3. The molecule has 0 aliphatic carbocycles. The number of hydrogen-bond donors (Lipinski definition) is 2. The standard InChI is InChI=1S/C19H18N2O3/c1-3-12(2)17-18(24-19(20)23)15-6-4-5-7-16(15)21(17)13-8-10-14(22)11-9-13/h3-11,22H,1-2H3,(H2,20,23)/b12-3-. The third-order valence-corrected chi connectivity index (χ3v) is 3.95. The second-order valence-corrected chi connectivity index (χ2v) is 5.44. The molecular formula is C19H18N2O3. The minimum atomic E-state index is -0.853. The van der Waals surface area contributed by atoms with Crippen LogP contribution in [-0.2, 0) is 0 Å². The second-order valence-electron chi connectivity index (χ2n) is 5.44. The van der Waals surface area contributed by atoms with Gasteiger partial charge < -0.3 is 20.1 Å². The van der Waals surface area contributed by atoms with E-state index in [4.69, 9.17) is 10.5 Å². The lowest BCUT2D eigenvalue weighted by molar-refractivity contribution is 0.211. The SMILES string of the molecule is C/C=C(/C)c1c(OC(N)=O)c2ccccc2n1-c1ccc(O)cc1. The zero-order valence-corrected chi connectivity index (χ0v) is 13.5. The minimum Gasteiger partial charge on any atom is -0.508 e. The number of nitrogens with zero attached hydrogens (tertiary/aromatic N) is 1. The molecule has 1 heterocycles. The number of rotatable bonds is 3. The molecule has 2 aromatic carbocycles. The van der Waals surface area contributed by atoms with Gasteiger partial charge in [-0.1, -0.05) is 18.2 Å². The Morgan fingerprint density at radius 1 is 1.17 bits per heavy atom. The number of phenols is 1. The molecule has 3 N–H and O–H groups in total. The van der Waals surface area contributed by atoms with Gasteiger partial charge in [-0.2, -0.15) is 0 Å². The number of primary amides is 1. The smallest absolute Gasteiger partial charge is 0.410 e. The van der Waals surface area contributed by atoms with E-state index in [1.807, 2.05) is 60.9 Å². The number of aromatic hydroxyl groups is 1. The van der Waals surface area contributed by atoms with Crippen molar-refractivity contribution < 1.29 is 14.6 Å². The molecule has 5 nitrogen and oxygen atoms in total. The third-order valence-electron chi connectivity index (χ3n) is 3.95. The molecule has 0 aliphatic rings. The average Bonchev–Trinajstić information content (AvgIpc) is 2.89. The van der Waals surface area contributed by atoms with E-state index in [1.54, 1.807) is 12.1 Å². The Labute approximate surface area is 139 Å². The number of phenolic OH excluding ortho intramolecular Hbond substituents is 1. The van der Waals surface area contributed by atoms with E-state index in [0.717, 1.165) is 27.9 Å². The van der Waals surface area contributed by atoms with Gasteiger partial charge in [-0.15, -0.1) is 0 Å². The Balaban J connectivity index is 2.42. The second kappa shape index (κ2) is 6.12. The van der Waals surface area contributed by atoms with E-state index in [9.17, 15) is 9.90 Å². The molecular weight excluding hydrogens is 304 g/mol. The van der Waals surface area contributed by atoms with Crippen LogP contribution < -0.4 is 10.5 Å². The van der Waals surface area contributed by atoms with Gasteiger partial charge in [-0.3, -0.25) is 0 Å². The molecule has 0 radical (unpaired) electrons. The maximum absolute atomic E-state index is 11.4. The quantitative estimate of drug-likeness (QED) is 0.758. The lowest BCUT2D eigenvalue weighted by Crippen LogP contribution is -2.17. The molecule has 0 aliphatic heterocycles. The van der Waals surface area contributed by atoms with Crippen molar-refractivity contribution in [3.63, 3.8) is 0 Å². The van der Waals surface area contributed by atoms with Crippen molar-refractivity contribution in [1.82, 2.24) is 4.57 Å². The summed E-state index contributed by atoms with van der Waals surface area (Å²) in [4.78, 5) is 11.4. The van der Waals surface area contributed by atoms with E-state index in [1.165, 1.54) is 0 Å². The molecule has 24 heavy (non-hydrogen) atoms. The summed E-state index contributed by atoms with van der Waals surface area (Å²) in [5.74, 6) is 0.620. The van der Waals surface area contributed by atoms with Crippen LogP contribution >= 0.6 is 0 Å². The highest BCUT2D eigenvalue weighted by molar-refractivity contribution is 5.96. The lowest BCUT2D eigenvalue weighted by Gasteiger charge is -2.12. The first-order valence-corrected chi connectivity index (χ1v) is 7.56. The molecule has 0 spiro atoms. The van der Waals surface area contributed by atoms with Gasteiger partial charge >= 0.3 is 6.09 Å². The van der Waals surface area contributed by atoms with Gasteiger partial charge in [0.2, 0.25) is 0 Å². The Morgan fingerprint density at radius 3 is 2.46 bits per heavy atom. The average molecular weight is 322 g/mol. The zero-order valence-electron chi connectivity index (χ0n) is 13.5. The van der Waals surface area contributed by atoms with Gasteiger partial charge in [0.1, 0.15) is 5.75 Å². The first-order chi connectivity index (χ1) is 11.5. The van der Waals surface area contributed by atoms with Crippen molar-refractivity contribution in [3.05, 3.63) is 60.3 Å². The number of ether oxygens (including phenoxy) is 1. The fourth-order valence-corrected chi connectivity index (χ4v) is 2.78. The highest BCUT2D eigenvalue weighted by Gasteiger charge is 2.21. The van der Waals surface area contributed by atoms with Crippen molar-refractivity contribution in [3.8, 4) is 17.2 Å². The third kappa shape index (κ3) is 2.60. The van der Waals surface area contributed by atoms with Crippen LogP contribution in [0.4, 0.5) is 4.79 Å². The fraction of sp³-hybridized carbons (Fsp3) is 0.105. The van der Waals surface area contributed by atoms with Crippen LogP contribution in [0.3, 0.4) is 0 Å². The topological polar surface area (TPSA) is 77.5 Å². The molecule has 0 bridgehead atoms. The van der Waals surface area contributed by atoms with Crippen molar-refractivity contribution in [2.75, 3.05) is 0 Å². The number of aromatic nitrogens is 1. The Morgan fingerprint density at radius 2 is 1.83 bits per heavy atom. The summed E-state index contributed by atoms with van der Waals surface area (Å²) in [6.07, 6.45) is 1.09. The highest BCUT2D eigenvalue weighted by atomic mass is 16.5. The van der Waals surface area contributed by atoms with Gasteiger partial charge in [0.05, 0.1) is 11.2 Å². The number of carbonyl (C=O) groups is 1. The van der Waals surface area contributed by atoms with E-state index in [0.29, 0.717) is 5.75 Å². The van der Waals surface area contributed by atoms with E-state index < -0.39 is 6.09 Å². The van der Waals surface area contributed by atoms with Crippen LogP contribution in [-0.4, -0.2) is 15.8 Å². The van der Waals surface area contributed by atoms with Gasteiger partial charge in [0.25, 0.3) is 0 Å². The number of fused-ring (bicyclic) bond motifs is 1. The van der Waals surface area contributed by atoms with Crippen molar-refractivity contribution in [1.29, 1.82) is 0 Å². The number of amides is 1. The van der Waals surface area contributed by atoms with Crippen molar-refractivity contribution in [2.45, 2.75) is 13.8 Å². The summed E-state index contributed by atoms with van der Waals surface area (Å²) >= 11 is 0. The molecule has 0 saturated carbocycles. The summed E-state index contributed by atoms with van der Waals surface area (Å²) in [5.41, 5.74) is 8.70. The van der Waals surface area contributed by atoms with Crippen molar-refractivity contribution >= 4 is 22.6 Å². The number of allylic oxidation sites excluding steroid dienone is 2. The highest BCUT2D eigenvalue weighted by Crippen LogP contribution is 2.39. The van der Waals surface area contributed by atoms with Gasteiger partial charge in [0, 0.05) is 11.1 Å². The van der Waals surface area contributed by atoms with Gasteiger partial charge in [-0.05, 0) is 55.8 Å². The number of para-hydroxylation sites is 1. The van der Waals surface area contributed by atoms with E-state index >= 15 is 0 Å². The molecule has 0 fully saturated rings. The van der Waals surface area contributed by atoms with Crippen molar-refractivity contribution in [2.24, 2.45) is 5.73 Å². The summed E-state index contributed by atoms with van der Waals surface area (Å²) in [6, 6.07) is 14.5. The van der Waals surface area contributed by atoms with Crippen LogP contribution in [0.5, 0.6) is 11.5 Å². The Bertz CT molecular complexity index is 937. The number of carbonyl (C=O) groups excluding carboxylic acids is 1. The molecule has 0 unspecified atom stereocenters. The van der Waals surface area contributed by atoms with Crippen LogP contribution in [0.2, 0.25) is 0 Å². The fourth-order valence-electron chi connectivity index (χ4n) is 2.78. The maximum Gasteiger partial charge on any atom is 0.410 e. The van der Waals surface area contributed by atoms with Crippen LogP contribution in [0.1, 0.15) is 19.5 Å². The number of benzene rings is 2. The van der Waals surface area contributed by atoms with Crippen LogP contribution in [0, 0.1) is 0 Å². The molecule has 3 rings (SSSR count). The Hall–Kier alpha value is -3.21. The molecule has 1 amide bonds. The maximum atomic E-state index is 11.4. The monoisotopic (exact) mass is 322 g/mol. The largest absolute Gasteiger partial charge is 0.508 e. The molecule has 1 aromatic heterocycles. The Kier molecular flexibility index (Phi) is 4.00. The first-order valence-electron chi connectivity index (χ1n) is 7.56. The molecule has 0 atom stereocenters. The summed E-state index contributed by atoms with van der Waals surface area (Å²) in [5, 5.41) is 10.4. The van der Waals surface area contributed by atoms with Crippen LogP contribution in [0.15, 0.2) is 54.6 Å². The molecule has 0 saturated heterocycles. The minimum absolute atomic E-state index is 0.188. The van der Waals surface area contributed by atoms with E-state index in [-0.39, 0.29) is 5.75 Å². The van der Waals surface area contributed by atoms with E-state index in [2.05, 4.69) is 0 Å². The van der Waals surface area contributed by atoms with Gasteiger partial charge in [-0.25, -0.2) is 4.79 Å². The summed E-state index contributed by atoms with van der Waals surface area (Å²) in [6.45, 7) is 3.86. The zero-order chi connectivity index (χ0) is 17.3.